The van der Waals surface area contributed by atoms with Crippen LogP contribution in [0.25, 0.3) is 0 Å². The molecule has 114 valence electrons. The number of carbonyl (C=O) groups excluding carboxylic acids is 2. The number of aliphatic hydroxyl groups is 1. The van der Waals surface area contributed by atoms with E-state index in [-0.39, 0.29) is 18.9 Å². The van der Waals surface area contributed by atoms with Crippen molar-refractivity contribution >= 4 is 17.6 Å². The standard InChI is InChI=1S/C14H17NO6/c1-19-13(17)9-12(14(18)20-2)15-10-3-5-11(6-4-10)21-8-7-16/h3-6,9,15-16H,7-8H2,1-2H3/b12-9+. The first-order valence-corrected chi connectivity index (χ1v) is 6.09. The topological polar surface area (TPSA) is 94.1 Å². The second-order valence-corrected chi connectivity index (χ2v) is 3.79. The van der Waals surface area contributed by atoms with Crippen LogP contribution in [-0.4, -0.2) is 44.5 Å². The number of nitrogens with one attached hydrogen (secondary N) is 1. The molecule has 21 heavy (non-hydrogen) atoms. The lowest BCUT2D eigenvalue weighted by molar-refractivity contribution is -0.138. The van der Waals surface area contributed by atoms with E-state index in [2.05, 4.69) is 14.8 Å². The second kappa shape index (κ2) is 8.60. The Kier molecular flexibility index (Phi) is 6.76. The summed E-state index contributed by atoms with van der Waals surface area (Å²) in [5.41, 5.74) is 0.514. The van der Waals surface area contributed by atoms with E-state index in [1.807, 2.05) is 0 Å². The molecule has 0 atom stereocenters. The number of methoxy groups -OCH3 is 2. The summed E-state index contributed by atoms with van der Waals surface area (Å²) in [4.78, 5) is 22.8. The molecule has 0 unspecified atom stereocenters. The lowest BCUT2D eigenvalue weighted by Gasteiger charge is -2.10. The average molecular weight is 295 g/mol. The van der Waals surface area contributed by atoms with Crippen molar-refractivity contribution in [3.8, 4) is 5.75 Å². The molecule has 0 saturated heterocycles. The Morgan fingerprint density at radius 3 is 2.38 bits per heavy atom. The lowest BCUT2D eigenvalue weighted by atomic mass is 10.3. The van der Waals surface area contributed by atoms with E-state index in [4.69, 9.17) is 9.84 Å². The highest BCUT2D eigenvalue weighted by molar-refractivity contribution is 5.98. The van der Waals surface area contributed by atoms with Gasteiger partial charge in [-0.25, -0.2) is 9.59 Å². The van der Waals surface area contributed by atoms with Crippen molar-refractivity contribution in [1.29, 1.82) is 0 Å². The average Bonchev–Trinajstić information content (AvgIpc) is 2.52. The fourth-order valence-electron chi connectivity index (χ4n) is 1.39. The number of benzene rings is 1. The van der Waals surface area contributed by atoms with Gasteiger partial charge in [0.15, 0.2) is 0 Å². The number of rotatable bonds is 7. The molecular formula is C14H17NO6. The molecule has 1 rings (SSSR count). The van der Waals surface area contributed by atoms with E-state index in [0.29, 0.717) is 11.4 Å². The van der Waals surface area contributed by atoms with E-state index < -0.39 is 11.9 Å². The van der Waals surface area contributed by atoms with Gasteiger partial charge >= 0.3 is 11.9 Å². The normalized spacial score (nSPS) is 10.7. The summed E-state index contributed by atoms with van der Waals surface area (Å²) in [6.45, 7) is 0.122. The summed E-state index contributed by atoms with van der Waals surface area (Å²) in [5, 5.41) is 11.4. The van der Waals surface area contributed by atoms with Crippen molar-refractivity contribution in [3.63, 3.8) is 0 Å². The molecule has 0 radical (unpaired) electrons. The van der Waals surface area contributed by atoms with Crippen molar-refractivity contribution in [1.82, 2.24) is 0 Å². The van der Waals surface area contributed by atoms with Crippen molar-refractivity contribution in [2.75, 3.05) is 32.8 Å². The molecule has 1 aromatic carbocycles. The number of ether oxygens (including phenoxy) is 3. The zero-order valence-corrected chi connectivity index (χ0v) is 11.8. The van der Waals surface area contributed by atoms with E-state index in [0.717, 1.165) is 6.08 Å². The maximum Gasteiger partial charge on any atom is 0.354 e. The molecular weight excluding hydrogens is 278 g/mol. The van der Waals surface area contributed by atoms with Crippen LogP contribution in [0.4, 0.5) is 5.69 Å². The SMILES string of the molecule is COC(=O)/C=C(/Nc1ccc(OCCO)cc1)C(=O)OC. The summed E-state index contributed by atoms with van der Waals surface area (Å²) in [6.07, 6.45) is 1.00. The van der Waals surface area contributed by atoms with Gasteiger partial charge in [0, 0.05) is 5.69 Å². The summed E-state index contributed by atoms with van der Waals surface area (Å²) >= 11 is 0. The molecule has 0 heterocycles. The van der Waals surface area contributed by atoms with Gasteiger partial charge in [-0.05, 0) is 24.3 Å². The van der Waals surface area contributed by atoms with Gasteiger partial charge in [-0.15, -0.1) is 0 Å². The molecule has 1 aromatic rings. The predicted molar refractivity (Wildman–Crippen MR) is 74.8 cm³/mol. The van der Waals surface area contributed by atoms with E-state index >= 15 is 0 Å². The number of aliphatic hydroxyl groups excluding tert-OH is 1. The highest BCUT2D eigenvalue weighted by Gasteiger charge is 2.12. The molecule has 2 N–H and O–H groups in total. The fraction of sp³-hybridized carbons (Fsp3) is 0.286. The van der Waals surface area contributed by atoms with Gasteiger partial charge in [0.25, 0.3) is 0 Å². The number of hydrogen-bond acceptors (Lipinski definition) is 7. The van der Waals surface area contributed by atoms with Crippen LogP contribution in [0.15, 0.2) is 36.0 Å². The number of hydrogen-bond donors (Lipinski definition) is 2. The van der Waals surface area contributed by atoms with Gasteiger partial charge in [0.1, 0.15) is 18.1 Å². The Morgan fingerprint density at radius 1 is 1.19 bits per heavy atom. The largest absolute Gasteiger partial charge is 0.491 e. The Balaban J connectivity index is 2.81. The first-order chi connectivity index (χ1) is 10.1. The van der Waals surface area contributed by atoms with Crippen molar-refractivity contribution < 1.29 is 28.9 Å². The van der Waals surface area contributed by atoms with E-state index in [9.17, 15) is 9.59 Å². The summed E-state index contributed by atoms with van der Waals surface area (Å²) in [5.74, 6) is -0.794. The molecule has 0 amide bonds. The quantitative estimate of drug-likeness (QED) is 0.565. The van der Waals surface area contributed by atoms with Crippen LogP contribution < -0.4 is 10.1 Å². The van der Waals surface area contributed by atoms with Gasteiger partial charge in [-0.2, -0.15) is 0 Å². The predicted octanol–water partition coefficient (Wildman–Crippen LogP) is 0.699. The first kappa shape index (κ1) is 16.5. The monoisotopic (exact) mass is 295 g/mol. The summed E-state index contributed by atoms with van der Waals surface area (Å²) < 4.78 is 14.3. The molecule has 0 aliphatic carbocycles. The van der Waals surface area contributed by atoms with Crippen molar-refractivity contribution in [3.05, 3.63) is 36.0 Å². The van der Waals surface area contributed by atoms with E-state index in [1.165, 1.54) is 14.2 Å². The number of carbonyl (C=O) groups is 2. The maximum atomic E-state index is 11.6. The van der Waals surface area contributed by atoms with Crippen molar-refractivity contribution in [2.45, 2.75) is 0 Å². The van der Waals surface area contributed by atoms with Crippen LogP contribution in [0.3, 0.4) is 0 Å². The molecule has 0 fully saturated rings. The maximum absolute atomic E-state index is 11.6. The molecule has 0 aromatic heterocycles. The third kappa shape index (κ3) is 5.53. The molecule has 0 saturated carbocycles. The minimum absolute atomic E-state index is 0.0478. The van der Waals surface area contributed by atoms with Crippen LogP contribution >= 0.6 is 0 Å². The van der Waals surface area contributed by atoms with Gasteiger partial charge in [-0.3, -0.25) is 0 Å². The third-order valence-electron chi connectivity index (χ3n) is 2.36. The van der Waals surface area contributed by atoms with Crippen LogP contribution in [0.5, 0.6) is 5.75 Å². The van der Waals surface area contributed by atoms with Crippen LogP contribution in [-0.2, 0) is 19.1 Å². The minimum Gasteiger partial charge on any atom is -0.491 e. The summed E-state index contributed by atoms with van der Waals surface area (Å²) in [6, 6.07) is 6.62. The Hall–Kier alpha value is -2.54. The molecule has 0 bridgehead atoms. The number of esters is 2. The highest BCUT2D eigenvalue weighted by Crippen LogP contribution is 2.17. The van der Waals surface area contributed by atoms with Gasteiger partial charge < -0.3 is 24.6 Å². The second-order valence-electron chi connectivity index (χ2n) is 3.79. The first-order valence-electron chi connectivity index (χ1n) is 6.09. The Bertz CT molecular complexity index is 509. The third-order valence-corrected chi connectivity index (χ3v) is 2.36. The molecule has 0 spiro atoms. The van der Waals surface area contributed by atoms with Crippen LogP contribution in [0.1, 0.15) is 0 Å². The Labute approximate surface area is 122 Å². The zero-order valence-electron chi connectivity index (χ0n) is 11.8. The number of anilines is 1. The summed E-state index contributed by atoms with van der Waals surface area (Å²) in [7, 11) is 2.42. The molecule has 0 aliphatic heterocycles. The van der Waals surface area contributed by atoms with E-state index in [1.54, 1.807) is 24.3 Å². The Morgan fingerprint density at radius 2 is 1.86 bits per heavy atom. The molecule has 7 nitrogen and oxygen atoms in total. The zero-order chi connectivity index (χ0) is 15.7. The lowest BCUT2D eigenvalue weighted by Crippen LogP contribution is -2.15. The fourth-order valence-corrected chi connectivity index (χ4v) is 1.39. The van der Waals surface area contributed by atoms with Crippen LogP contribution in [0.2, 0.25) is 0 Å². The van der Waals surface area contributed by atoms with Gasteiger partial charge in [-0.1, -0.05) is 0 Å². The highest BCUT2D eigenvalue weighted by atomic mass is 16.5. The van der Waals surface area contributed by atoms with Gasteiger partial charge in [0.2, 0.25) is 0 Å². The molecule has 0 aliphatic rings. The van der Waals surface area contributed by atoms with Crippen molar-refractivity contribution in [2.24, 2.45) is 0 Å². The van der Waals surface area contributed by atoms with Crippen LogP contribution in [0, 0.1) is 0 Å². The molecule has 7 heteroatoms. The smallest absolute Gasteiger partial charge is 0.354 e. The minimum atomic E-state index is -0.694. The van der Waals surface area contributed by atoms with Gasteiger partial charge in [0.05, 0.1) is 26.9 Å².